The van der Waals surface area contributed by atoms with Crippen LogP contribution < -0.4 is 5.32 Å². The quantitative estimate of drug-likeness (QED) is 0.749. The summed E-state index contributed by atoms with van der Waals surface area (Å²) in [5.41, 5.74) is 4.59. The molecule has 0 unspecified atom stereocenters. The van der Waals surface area contributed by atoms with Crippen LogP contribution >= 0.6 is 11.6 Å². The summed E-state index contributed by atoms with van der Waals surface area (Å²) >= 11 is 6.01. The topological polar surface area (TPSA) is 72.7 Å². The number of benzene rings is 1. The van der Waals surface area contributed by atoms with Gasteiger partial charge in [0.25, 0.3) is 5.95 Å². The van der Waals surface area contributed by atoms with Crippen molar-refractivity contribution in [3.05, 3.63) is 63.6 Å². The fraction of sp³-hybridized carbons (Fsp3) is 0.263. The number of aromatic nitrogens is 4. The van der Waals surface area contributed by atoms with Crippen molar-refractivity contribution in [1.82, 2.24) is 19.7 Å². The summed E-state index contributed by atoms with van der Waals surface area (Å²) in [5, 5.41) is 8.25. The molecule has 6 nitrogen and oxygen atoms in total. The SMILES string of the molecule is Cc1cc(C)nc(-n2nc(C)c3c2NC(=O)C[C@H]3c2ccc(Cl)cc2)n1. The summed E-state index contributed by atoms with van der Waals surface area (Å²) in [4.78, 5) is 21.3. The summed E-state index contributed by atoms with van der Waals surface area (Å²) in [6.07, 6.45) is 0.370. The predicted octanol–water partition coefficient (Wildman–Crippen LogP) is 3.72. The van der Waals surface area contributed by atoms with Crippen LogP contribution in [-0.4, -0.2) is 25.7 Å². The summed E-state index contributed by atoms with van der Waals surface area (Å²) in [5.74, 6) is 0.978. The third-order valence-electron chi connectivity index (χ3n) is 4.53. The van der Waals surface area contributed by atoms with Crippen molar-refractivity contribution < 1.29 is 4.79 Å². The van der Waals surface area contributed by atoms with E-state index in [0.717, 1.165) is 28.2 Å². The molecule has 26 heavy (non-hydrogen) atoms. The zero-order chi connectivity index (χ0) is 18.4. The number of nitrogens with one attached hydrogen (secondary N) is 1. The van der Waals surface area contributed by atoms with E-state index in [-0.39, 0.29) is 11.8 Å². The minimum atomic E-state index is -0.0735. The molecular weight excluding hydrogens is 350 g/mol. The number of amides is 1. The van der Waals surface area contributed by atoms with Gasteiger partial charge in [0, 0.05) is 34.3 Å². The van der Waals surface area contributed by atoms with Gasteiger partial charge in [-0.2, -0.15) is 9.78 Å². The molecule has 3 heterocycles. The van der Waals surface area contributed by atoms with Crippen LogP contribution in [0.3, 0.4) is 0 Å². The maximum Gasteiger partial charge on any atom is 0.252 e. The van der Waals surface area contributed by atoms with Gasteiger partial charge in [0.2, 0.25) is 5.91 Å². The van der Waals surface area contributed by atoms with Crippen molar-refractivity contribution in [3.8, 4) is 5.95 Å². The van der Waals surface area contributed by atoms with E-state index in [4.69, 9.17) is 11.6 Å². The van der Waals surface area contributed by atoms with Gasteiger partial charge in [-0.1, -0.05) is 23.7 Å². The second kappa shape index (κ2) is 6.21. The monoisotopic (exact) mass is 367 g/mol. The first kappa shape index (κ1) is 16.7. The van der Waals surface area contributed by atoms with E-state index in [1.54, 1.807) is 4.68 Å². The second-order valence-corrected chi connectivity index (χ2v) is 7.00. The van der Waals surface area contributed by atoms with Crippen molar-refractivity contribution in [2.45, 2.75) is 33.1 Å². The van der Waals surface area contributed by atoms with E-state index in [1.807, 2.05) is 51.1 Å². The Labute approximate surface area is 156 Å². The minimum absolute atomic E-state index is 0.0528. The summed E-state index contributed by atoms with van der Waals surface area (Å²) < 4.78 is 1.63. The molecule has 3 aromatic rings. The van der Waals surface area contributed by atoms with Gasteiger partial charge in [0.05, 0.1) is 5.69 Å². The van der Waals surface area contributed by atoms with Crippen molar-refractivity contribution in [1.29, 1.82) is 0 Å². The molecule has 0 aliphatic carbocycles. The zero-order valence-corrected chi connectivity index (χ0v) is 15.5. The highest BCUT2D eigenvalue weighted by Gasteiger charge is 2.33. The second-order valence-electron chi connectivity index (χ2n) is 6.57. The summed E-state index contributed by atoms with van der Waals surface area (Å²) in [7, 11) is 0. The fourth-order valence-electron chi connectivity index (χ4n) is 3.47. The average Bonchev–Trinajstić information content (AvgIpc) is 2.91. The highest BCUT2D eigenvalue weighted by Crippen LogP contribution is 2.40. The smallest absolute Gasteiger partial charge is 0.252 e. The molecule has 1 aliphatic rings. The molecule has 7 heteroatoms. The lowest BCUT2D eigenvalue weighted by atomic mass is 9.86. The summed E-state index contributed by atoms with van der Waals surface area (Å²) in [6, 6.07) is 9.51. The highest BCUT2D eigenvalue weighted by molar-refractivity contribution is 6.30. The lowest BCUT2D eigenvalue weighted by Crippen LogP contribution is -2.25. The number of carbonyl (C=O) groups is 1. The Morgan fingerprint density at radius 1 is 1.12 bits per heavy atom. The van der Waals surface area contributed by atoms with Gasteiger partial charge in [0.1, 0.15) is 5.82 Å². The Hall–Kier alpha value is -2.73. The molecule has 2 aromatic heterocycles. The molecule has 0 spiro atoms. The third-order valence-corrected chi connectivity index (χ3v) is 4.79. The molecule has 0 fully saturated rings. The number of carbonyl (C=O) groups excluding carboxylic acids is 1. The largest absolute Gasteiger partial charge is 0.310 e. The molecule has 1 atom stereocenters. The van der Waals surface area contributed by atoms with E-state index in [1.165, 1.54) is 0 Å². The number of halogens is 1. The number of nitrogens with zero attached hydrogens (tertiary/aromatic N) is 4. The van der Waals surface area contributed by atoms with Gasteiger partial charge in [-0.15, -0.1) is 0 Å². The Balaban J connectivity index is 1.88. The molecule has 0 bridgehead atoms. The van der Waals surface area contributed by atoms with Crippen LogP contribution in [0.1, 0.15) is 40.5 Å². The maximum absolute atomic E-state index is 12.4. The van der Waals surface area contributed by atoms with Crippen molar-refractivity contribution in [2.75, 3.05) is 5.32 Å². The molecule has 0 saturated carbocycles. The first-order chi connectivity index (χ1) is 12.4. The summed E-state index contributed by atoms with van der Waals surface area (Å²) in [6.45, 7) is 5.77. The maximum atomic E-state index is 12.4. The van der Waals surface area contributed by atoms with E-state index in [2.05, 4.69) is 20.4 Å². The molecule has 1 N–H and O–H groups in total. The Bertz CT molecular complexity index is 989. The van der Waals surface area contributed by atoms with Gasteiger partial charge >= 0.3 is 0 Å². The molecule has 0 radical (unpaired) electrons. The average molecular weight is 368 g/mol. The number of hydrogen-bond acceptors (Lipinski definition) is 4. The lowest BCUT2D eigenvalue weighted by molar-refractivity contribution is -0.116. The van der Waals surface area contributed by atoms with Crippen LogP contribution in [-0.2, 0) is 4.79 Å². The van der Waals surface area contributed by atoms with Gasteiger partial charge in [0.15, 0.2) is 0 Å². The standard InChI is InChI=1S/C19H18ClN5O/c1-10-8-11(2)22-19(21-10)25-18-17(12(3)24-25)15(9-16(26)23-18)13-4-6-14(20)7-5-13/h4-8,15H,9H2,1-3H3,(H,23,26)/t15-/m0/s1. The van der Waals surface area contributed by atoms with Crippen LogP contribution in [0.2, 0.25) is 5.02 Å². The van der Waals surface area contributed by atoms with Crippen molar-refractivity contribution in [2.24, 2.45) is 0 Å². The van der Waals surface area contributed by atoms with Gasteiger partial charge in [-0.25, -0.2) is 9.97 Å². The first-order valence-electron chi connectivity index (χ1n) is 8.40. The first-order valence-corrected chi connectivity index (χ1v) is 8.77. The molecule has 1 aromatic carbocycles. The van der Waals surface area contributed by atoms with Crippen LogP contribution in [0.15, 0.2) is 30.3 Å². The van der Waals surface area contributed by atoms with Crippen LogP contribution in [0.4, 0.5) is 5.82 Å². The van der Waals surface area contributed by atoms with E-state index >= 15 is 0 Å². The highest BCUT2D eigenvalue weighted by atomic mass is 35.5. The number of rotatable bonds is 2. The van der Waals surface area contributed by atoms with Crippen molar-refractivity contribution in [3.63, 3.8) is 0 Å². The van der Waals surface area contributed by atoms with Crippen molar-refractivity contribution >= 4 is 23.3 Å². The number of anilines is 1. The minimum Gasteiger partial charge on any atom is -0.310 e. The normalized spacial score (nSPS) is 16.3. The number of aryl methyl sites for hydroxylation is 3. The Kier molecular flexibility index (Phi) is 4.00. The molecule has 4 rings (SSSR count). The number of fused-ring (bicyclic) bond motifs is 1. The molecular formula is C19H18ClN5O. The molecule has 132 valence electrons. The fourth-order valence-corrected chi connectivity index (χ4v) is 3.60. The van der Waals surface area contributed by atoms with E-state index < -0.39 is 0 Å². The Morgan fingerprint density at radius 3 is 2.42 bits per heavy atom. The van der Waals surface area contributed by atoms with Crippen LogP contribution in [0.25, 0.3) is 5.95 Å². The van der Waals surface area contributed by atoms with Gasteiger partial charge in [-0.3, -0.25) is 4.79 Å². The van der Waals surface area contributed by atoms with Gasteiger partial charge < -0.3 is 5.32 Å². The molecule has 1 amide bonds. The van der Waals surface area contributed by atoms with Crippen LogP contribution in [0.5, 0.6) is 0 Å². The molecule has 0 saturated heterocycles. The Morgan fingerprint density at radius 2 is 1.77 bits per heavy atom. The zero-order valence-electron chi connectivity index (χ0n) is 14.7. The molecule has 1 aliphatic heterocycles. The predicted molar refractivity (Wildman–Crippen MR) is 99.9 cm³/mol. The van der Waals surface area contributed by atoms with E-state index in [0.29, 0.717) is 23.2 Å². The van der Waals surface area contributed by atoms with Gasteiger partial charge in [-0.05, 0) is 44.5 Å². The number of hydrogen-bond donors (Lipinski definition) is 1. The third kappa shape index (κ3) is 2.86. The lowest BCUT2D eigenvalue weighted by Gasteiger charge is -2.24. The van der Waals surface area contributed by atoms with Crippen LogP contribution in [0, 0.1) is 20.8 Å². The van der Waals surface area contributed by atoms with E-state index in [9.17, 15) is 4.79 Å².